The Morgan fingerprint density at radius 3 is 2.30 bits per heavy atom. The highest BCUT2D eigenvalue weighted by Crippen LogP contribution is 2.36. The van der Waals surface area contributed by atoms with Gasteiger partial charge in [0, 0.05) is 30.4 Å². The van der Waals surface area contributed by atoms with Crippen molar-refractivity contribution in [1.82, 2.24) is 10.3 Å². The molecule has 2 rings (SSSR count). The van der Waals surface area contributed by atoms with Crippen molar-refractivity contribution in [2.45, 2.75) is 23.5 Å². The number of nitrogens with zero attached hydrogens (tertiary/aromatic N) is 1. The van der Waals surface area contributed by atoms with Crippen LogP contribution in [0, 0.1) is 0 Å². The normalized spacial score (nSPS) is 11.6. The largest absolute Gasteiger partial charge is 0.446 e. The first-order chi connectivity index (χ1) is 9.53. The highest BCUT2D eigenvalue weighted by atomic mass is 32.2. The summed E-state index contributed by atoms with van der Waals surface area (Å²) in [5.41, 5.74) is -2.22. The average Bonchev–Trinajstić information content (AvgIpc) is 2.40. The molecule has 0 amide bonds. The molecule has 0 aliphatic rings. The van der Waals surface area contributed by atoms with E-state index in [2.05, 4.69) is 10.3 Å². The lowest BCUT2D eigenvalue weighted by Gasteiger charge is -2.07. The van der Waals surface area contributed by atoms with Crippen molar-refractivity contribution in [3.05, 3.63) is 59.9 Å². The standard InChI is InChI=1S/C14H13F3N2S/c15-14(16,17)20-13-5-3-11(4-6-13)8-19-10-12-2-1-7-18-9-12/h1-7,9,19H,8,10H2. The minimum absolute atomic E-state index is 0.0985. The van der Waals surface area contributed by atoms with Gasteiger partial charge in [0.05, 0.1) is 0 Å². The van der Waals surface area contributed by atoms with Crippen molar-refractivity contribution in [3.8, 4) is 0 Å². The Bertz CT molecular complexity index is 526. The lowest BCUT2D eigenvalue weighted by atomic mass is 10.2. The summed E-state index contributed by atoms with van der Waals surface area (Å²) in [7, 11) is 0. The number of halogens is 3. The molecular formula is C14H13F3N2S. The van der Waals surface area contributed by atoms with Crippen molar-refractivity contribution in [3.63, 3.8) is 0 Å². The molecule has 20 heavy (non-hydrogen) atoms. The predicted octanol–water partition coefficient (Wildman–Crippen LogP) is 3.98. The summed E-state index contributed by atoms with van der Waals surface area (Å²) < 4.78 is 36.5. The first kappa shape index (κ1) is 14.9. The number of hydrogen-bond acceptors (Lipinski definition) is 3. The van der Waals surface area contributed by atoms with E-state index in [9.17, 15) is 13.2 Å². The monoisotopic (exact) mass is 298 g/mol. The molecule has 1 aromatic heterocycles. The Morgan fingerprint density at radius 2 is 1.70 bits per heavy atom. The van der Waals surface area contributed by atoms with E-state index in [1.54, 1.807) is 24.5 Å². The predicted molar refractivity (Wildman–Crippen MR) is 73.1 cm³/mol. The van der Waals surface area contributed by atoms with Gasteiger partial charge in [0.2, 0.25) is 0 Å². The average molecular weight is 298 g/mol. The van der Waals surface area contributed by atoms with Crippen LogP contribution in [0.3, 0.4) is 0 Å². The van der Waals surface area contributed by atoms with Crippen LogP contribution in [0.25, 0.3) is 0 Å². The highest BCUT2D eigenvalue weighted by molar-refractivity contribution is 8.00. The molecule has 0 saturated heterocycles. The van der Waals surface area contributed by atoms with Gasteiger partial charge in [-0.25, -0.2) is 0 Å². The molecule has 1 N–H and O–H groups in total. The topological polar surface area (TPSA) is 24.9 Å². The second kappa shape index (κ2) is 6.76. The van der Waals surface area contributed by atoms with Crippen molar-refractivity contribution in [2.24, 2.45) is 0 Å². The van der Waals surface area contributed by atoms with Crippen molar-refractivity contribution < 1.29 is 13.2 Å². The molecule has 0 aliphatic carbocycles. The number of hydrogen-bond donors (Lipinski definition) is 1. The summed E-state index contributed by atoms with van der Waals surface area (Å²) >= 11 is -0.0985. The van der Waals surface area contributed by atoms with E-state index < -0.39 is 5.51 Å². The van der Waals surface area contributed by atoms with Crippen LogP contribution >= 0.6 is 11.8 Å². The molecule has 6 heteroatoms. The van der Waals surface area contributed by atoms with Crippen LogP contribution in [0.15, 0.2) is 53.7 Å². The van der Waals surface area contributed by atoms with Crippen LogP contribution in [0.4, 0.5) is 13.2 Å². The van der Waals surface area contributed by atoms with E-state index in [0.29, 0.717) is 13.1 Å². The molecule has 0 aliphatic heterocycles. The van der Waals surface area contributed by atoms with Gasteiger partial charge in [0.1, 0.15) is 0 Å². The molecule has 0 bridgehead atoms. The molecule has 1 aromatic carbocycles. The summed E-state index contributed by atoms with van der Waals surface area (Å²) in [5, 5.41) is 3.22. The highest BCUT2D eigenvalue weighted by Gasteiger charge is 2.28. The third kappa shape index (κ3) is 5.22. The number of nitrogens with one attached hydrogen (secondary N) is 1. The molecular weight excluding hydrogens is 285 g/mol. The van der Waals surface area contributed by atoms with Gasteiger partial charge < -0.3 is 5.32 Å². The van der Waals surface area contributed by atoms with E-state index in [1.807, 2.05) is 12.1 Å². The Morgan fingerprint density at radius 1 is 1.00 bits per heavy atom. The van der Waals surface area contributed by atoms with E-state index in [1.165, 1.54) is 12.1 Å². The fourth-order valence-corrected chi connectivity index (χ4v) is 2.20. The van der Waals surface area contributed by atoms with Crippen LogP contribution in [0.2, 0.25) is 0 Å². The minimum Gasteiger partial charge on any atom is -0.309 e. The maximum absolute atomic E-state index is 12.2. The molecule has 106 valence electrons. The lowest BCUT2D eigenvalue weighted by molar-refractivity contribution is -0.0328. The number of aromatic nitrogens is 1. The van der Waals surface area contributed by atoms with Gasteiger partial charge >= 0.3 is 5.51 Å². The summed E-state index contributed by atoms with van der Waals surface area (Å²) in [6, 6.07) is 10.2. The second-order valence-electron chi connectivity index (χ2n) is 4.16. The van der Waals surface area contributed by atoms with Crippen LogP contribution < -0.4 is 5.32 Å². The van der Waals surface area contributed by atoms with Gasteiger partial charge in [0.25, 0.3) is 0 Å². The molecule has 0 unspecified atom stereocenters. The zero-order valence-corrected chi connectivity index (χ0v) is 11.3. The van der Waals surface area contributed by atoms with Crippen molar-refractivity contribution in [1.29, 1.82) is 0 Å². The molecule has 2 nitrogen and oxygen atoms in total. The lowest BCUT2D eigenvalue weighted by Crippen LogP contribution is -2.12. The molecule has 0 atom stereocenters. The number of rotatable bonds is 5. The van der Waals surface area contributed by atoms with Gasteiger partial charge in [-0.3, -0.25) is 4.98 Å². The Labute approximate surface area is 119 Å². The molecule has 1 heterocycles. The molecule has 0 fully saturated rings. The fourth-order valence-electron chi connectivity index (χ4n) is 1.66. The first-order valence-electron chi connectivity index (χ1n) is 5.97. The van der Waals surface area contributed by atoms with Gasteiger partial charge in [0.15, 0.2) is 0 Å². The van der Waals surface area contributed by atoms with Crippen LogP contribution in [-0.2, 0) is 13.1 Å². The molecule has 0 radical (unpaired) electrons. The van der Waals surface area contributed by atoms with Crippen LogP contribution in [0.5, 0.6) is 0 Å². The van der Waals surface area contributed by atoms with E-state index in [4.69, 9.17) is 0 Å². The van der Waals surface area contributed by atoms with Gasteiger partial charge in [-0.2, -0.15) is 13.2 Å². The molecule has 2 aromatic rings. The van der Waals surface area contributed by atoms with Crippen molar-refractivity contribution >= 4 is 11.8 Å². The Balaban J connectivity index is 1.82. The fraction of sp³-hybridized carbons (Fsp3) is 0.214. The number of alkyl halides is 3. The maximum atomic E-state index is 12.2. The zero-order valence-electron chi connectivity index (χ0n) is 10.5. The SMILES string of the molecule is FC(F)(F)Sc1ccc(CNCc2cccnc2)cc1. The number of pyridine rings is 1. The summed E-state index contributed by atoms with van der Waals surface area (Å²) in [6.07, 6.45) is 3.48. The minimum atomic E-state index is -4.24. The Hall–Kier alpha value is -1.53. The Kier molecular flexibility index (Phi) is 5.03. The number of thioether (sulfide) groups is 1. The number of benzene rings is 1. The summed E-state index contributed by atoms with van der Waals surface area (Å²) in [6.45, 7) is 1.28. The summed E-state index contributed by atoms with van der Waals surface area (Å²) in [5.74, 6) is 0. The quantitative estimate of drug-likeness (QED) is 0.845. The van der Waals surface area contributed by atoms with Gasteiger partial charge in [-0.05, 0) is 41.1 Å². The van der Waals surface area contributed by atoms with E-state index in [-0.39, 0.29) is 16.7 Å². The third-order valence-corrected chi connectivity index (χ3v) is 3.28. The van der Waals surface area contributed by atoms with Gasteiger partial charge in [-0.1, -0.05) is 18.2 Å². The van der Waals surface area contributed by atoms with Gasteiger partial charge in [-0.15, -0.1) is 0 Å². The van der Waals surface area contributed by atoms with Crippen molar-refractivity contribution in [2.75, 3.05) is 0 Å². The molecule has 0 spiro atoms. The zero-order chi connectivity index (χ0) is 14.4. The summed E-state index contributed by atoms with van der Waals surface area (Å²) in [4.78, 5) is 4.21. The van der Waals surface area contributed by atoms with E-state index >= 15 is 0 Å². The third-order valence-electron chi connectivity index (χ3n) is 2.54. The maximum Gasteiger partial charge on any atom is 0.446 e. The molecule has 0 saturated carbocycles. The second-order valence-corrected chi connectivity index (χ2v) is 5.30. The van der Waals surface area contributed by atoms with E-state index in [0.717, 1.165) is 11.1 Å². The van der Waals surface area contributed by atoms with Crippen LogP contribution in [0.1, 0.15) is 11.1 Å². The smallest absolute Gasteiger partial charge is 0.309 e. The van der Waals surface area contributed by atoms with Crippen LogP contribution in [-0.4, -0.2) is 10.5 Å². The first-order valence-corrected chi connectivity index (χ1v) is 6.79.